The standard InChI is InChI=1S/C24H25N3O3/c1-18-4-5-19(2)23(16-18)30-15-3-14-29-22-8-6-20(7-9-22)17-26-27-24(28)21-10-12-25-13-11-21/h4-13,16-17H,3,14-15H2,1-2H3,(H,27,28)/b26-17+. The maximum Gasteiger partial charge on any atom is 0.271 e. The Morgan fingerprint density at radius 1 is 1.00 bits per heavy atom. The van der Waals surface area contributed by atoms with Crippen LogP contribution in [0.2, 0.25) is 0 Å². The summed E-state index contributed by atoms with van der Waals surface area (Å²) in [4.78, 5) is 15.8. The maximum atomic E-state index is 11.9. The van der Waals surface area contributed by atoms with E-state index in [1.165, 1.54) is 5.56 Å². The molecule has 0 aliphatic rings. The number of amides is 1. The van der Waals surface area contributed by atoms with E-state index in [-0.39, 0.29) is 5.91 Å². The molecule has 30 heavy (non-hydrogen) atoms. The predicted octanol–water partition coefficient (Wildman–Crippen LogP) is 4.31. The molecule has 0 fully saturated rings. The number of hydrogen-bond acceptors (Lipinski definition) is 5. The van der Waals surface area contributed by atoms with E-state index in [0.717, 1.165) is 29.0 Å². The average molecular weight is 403 g/mol. The molecule has 6 heteroatoms. The molecule has 3 rings (SSSR count). The minimum atomic E-state index is -0.281. The van der Waals surface area contributed by atoms with Crippen LogP contribution in [-0.2, 0) is 0 Å². The van der Waals surface area contributed by atoms with Gasteiger partial charge in [-0.25, -0.2) is 5.43 Å². The van der Waals surface area contributed by atoms with E-state index in [9.17, 15) is 4.79 Å². The van der Waals surface area contributed by atoms with E-state index in [0.29, 0.717) is 18.8 Å². The highest BCUT2D eigenvalue weighted by atomic mass is 16.5. The molecule has 6 nitrogen and oxygen atoms in total. The van der Waals surface area contributed by atoms with Gasteiger partial charge in [-0.1, -0.05) is 12.1 Å². The number of hydrogen-bond donors (Lipinski definition) is 1. The number of ether oxygens (including phenoxy) is 2. The molecule has 3 aromatic rings. The van der Waals surface area contributed by atoms with Crippen LogP contribution in [0.4, 0.5) is 0 Å². The summed E-state index contributed by atoms with van der Waals surface area (Å²) >= 11 is 0. The van der Waals surface area contributed by atoms with Gasteiger partial charge in [-0.15, -0.1) is 0 Å². The molecule has 1 amide bonds. The van der Waals surface area contributed by atoms with E-state index in [4.69, 9.17) is 9.47 Å². The lowest BCUT2D eigenvalue weighted by Gasteiger charge is -2.10. The van der Waals surface area contributed by atoms with Crippen LogP contribution in [0, 0.1) is 13.8 Å². The Morgan fingerprint density at radius 2 is 1.73 bits per heavy atom. The lowest BCUT2D eigenvalue weighted by molar-refractivity contribution is 0.0955. The Balaban J connectivity index is 1.38. The summed E-state index contributed by atoms with van der Waals surface area (Å²) in [5.41, 5.74) is 6.18. The summed E-state index contributed by atoms with van der Waals surface area (Å²) in [6.45, 7) is 5.27. The zero-order valence-electron chi connectivity index (χ0n) is 17.2. The summed E-state index contributed by atoms with van der Waals surface area (Å²) in [6, 6.07) is 17.0. The molecule has 0 spiro atoms. The van der Waals surface area contributed by atoms with Crippen molar-refractivity contribution in [1.82, 2.24) is 10.4 Å². The lowest BCUT2D eigenvalue weighted by Crippen LogP contribution is -2.17. The average Bonchev–Trinajstić information content (AvgIpc) is 2.77. The van der Waals surface area contributed by atoms with Crippen molar-refractivity contribution >= 4 is 12.1 Å². The summed E-state index contributed by atoms with van der Waals surface area (Å²) in [7, 11) is 0. The number of aryl methyl sites for hydroxylation is 2. The topological polar surface area (TPSA) is 72.8 Å². The summed E-state index contributed by atoms with van der Waals surface area (Å²) in [6.07, 6.45) is 5.50. The van der Waals surface area contributed by atoms with Gasteiger partial charge in [-0.2, -0.15) is 5.10 Å². The van der Waals surface area contributed by atoms with E-state index < -0.39 is 0 Å². The van der Waals surface area contributed by atoms with Gasteiger partial charge in [0.15, 0.2) is 0 Å². The molecule has 1 heterocycles. The van der Waals surface area contributed by atoms with Gasteiger partial charge < -0.3 is 9.47 Å². The molecule has 0 aliphatic carbocycles. The van der Waals surface area contributed by atoms with Crippen molar-refractivity contribution in [2.45, 2.75) is 20.3 Å². The van der Waals surface area contributed by atoms with E-state index in [1.807, 2.05) is 31.2 Å². The smallest absolute Gasteiger partial charge is 0.271 e. The van der Waals surface area contributed by atoms with E-state index >= 15 is 0 Å². The van der Waals surface area contributed by atoms with E-state index in [2.05, 4.69) is 40.6 Å². The number of nitrogens with zero attached hydrogens (tertiary/aromatic N) is 2. The van der Waals surface area contributed by atoms with Crippen molar-refractivity contribution < 1.29 is 14.3 Å². The number of pyridine rings is 1. The second kappa shape index (κ2) is 10.8. The third-order valence-electron chi connectivity index (χ3n) is 4.36. The van der Waals surface area contributed by atoms with Crippen molar-refractivity contribution in [3.63, 3.8) is 0 Å². The molecule has 1 aromatic heterocycles. The van der Waals surface area contributed by atoms with Gasteiger partial charge in [0.1, 0.15) is 11.5 Å². The van der Waals surface area contributed by atoms with Crippen LogP contribution in [0.25, 0.3) is 0 Å². The van der Waals surface area contributed by atoms with Crippen molar-refractivity contribution in [3.8, 4) is 11.5 Å². The Hall–Kier alpha value is -3.67. The van der Waals surface area contributed by atoms with Crippen molar-refractivity contribution in [1.29, 1.82) is 0 Å². The van der Waals surface area contributed by atoms with Gasteiger partial charge in [0.05, 0.1) is 19.4 Å². The van der Waals surface area contributed by atoms with Gasteiger partial charge in [0.25, 0.3) is 5.91 Å². The number of hydrazone groups is 1. The first-order valence-electron chi connectivity index (χ1n) is 9.78. The largest absolute Gasteiger partial charge is 0.493 e. The van der Waals surface area contributed by atoms with Crippen LogP contribution in [0.1, 0.15) is 33.5 Å². The third-order valence-corrected chi connectivity index (χ3v) is 4.36. The van der Waals surface area contributed by atoms with Crippen molar-refractivity contribution in [2.24, 2.45) is 5.10 Å². The summed E-state index contributed by atoms with van der Waals surface area (Å²) in [5, 5.41) is 3.97. The highest BCUT2D eigenvalue weighted by molar-refractivity contribution is 5.94. The number of aromatic nitrogens is 1. The van der Waals surface area contributed by atoms with Gasteiger partial charge in [0.2, 0.25) is 0 Å². The van der Waals surface area contributed by atoms with Gasteiger partial charge >= 0.3 is 0 Å². The zero-order chi connectivity index (χ0) is 21.2. The first-order chi connectivity index (χ1) is 14.6. The lowest BCUT2D eigenvalue weighted by atomic mass is 10.1. The normalized spacial score (nSPS) is 10.7. The Kier molecular flexibility index (Phi) is 7.55. The van der Waals surface area contributed by atoms with Crippen LogP contribution in [0.15, 0.2) is 72.1 Å². The van der Waals surface area contributed by atoms with Gasteiger partial charge in [-0.05, 0) is 73.0 Å². The van der Waals surface area contributed by atoms with Crippen molar-refractivity contribution in [2.75, 3.05) is 13.2 Å². The number of benzene rings is 2. The number of rotatable bonds is 9. The molecule has 0 unspecified atom stereocenters. The van der Waals surface area contributed by atoms with Crippen LogP contribution >= 0.6 is 0 Å². The second-order valence-corrected chi connectivity index (χ2v) is 6.82. The molecule has 0 aliphatic heterocycles. The SMILES string of the molecule is Cc1ccc(C)c(OCCCOc2ccc(/C=N/NC(=O)c3ccncc3)cc2)c1. The van der Waals surface area contributed by atoms with Crippen LogP contribution < -0.4 is 14.9 Å². The Labute approximate surface area is 176 Å². The highest BCUT2D eigenvalue weighted by Gasteiger charge is 2.02. The quantitative estimate of drug-likeness (QED) is 0.328. The summed E-state index contributed by atoms with van der Waals surface area (Å²) in [5.74, 6) is 1.42. The number of nitrogens with one attached hydrogen (secondary N) is 1. The van der Waals surface area contributed by atoms with E-state index in [1.54, 1.807) is 30.7 Å². The highest BCUT2D eigenvalue weighted by Crippen LogP contribution is 2.19. The zero-order valence-corrected chi connectivity index (χ0v) is 17.2. The van der Waals surface area contributed by atoms with Crippen LogP contribution in [0.3, 0.4) is 0 Å². The second-order valence-electron chi connectivity index (χ2n) is 6.82. The predicted molar refractivity (Wildman–Crippen MR) is 117 cm³/mol. The molecule has 2 aromatic carbocycles. The molecule has 0 radical (unpaired) electrons. The number of carbonyl (C=O) groups is 1. The molecule has 0 atom stereocenters. The first-order valence-corrected chi connectivity index (χ1v) is 9.78. The maximum absolute atomic E-state index is 11.9. The molecular formula is C24H25N3O3. The fraction of sp³-hybridized carbons (Fsp3) is 0.208. The molecule has 0 bridgehead atoms. The molecule has 1 N–H and O–H groups in total. The van der Waals surface area contributed by atoms with Crippen molar-refractivity contribution in [3.05, 3.63) is 89.2 Å². The van der Waals surface area contributed by atoms with Crippen LogP contribution in [0.5, 0.6) is 11.5 Å². The fourth-order valence-electron chi connectivity index (χ4n) is 2.68. The Bertz CT molecular complexity index is 986. The molecular weight excluding hydrogens is 378 g/mol. The minimum Gasteiger partial charge on any atom is -0.493 e. The Morgan fingerprint density at radius 3 is 2.50 bits per heavy atom. The van der Waals surface area contributed by atoms with Gasteiger partial charge in [0, 0.05) is 24.4 Å². The summed E-state index contributed by atoms with van der Waals surface area (Å²) < 4.78 is 11.6. The molecule has 0 saturated heterocycles. The first kappa shape index (κ1) is 21.0. The molecule has 0 saturated carbocycles. The molecule has 154 valence electrons. The number of carbonyl (C=O) groups excluding carboxylic acids is 1. The van der Waals surface area contributed by atoms with Crippen LogP contribution in [-0.4, -0.2) is 30.3 Å². The third kappa shape index (κ3) is 6.44. The monoisotopic (exact) mass is 403 g/mol. The van der Waals surface area contributed by atoms with Gasteiger partial charge in [-0.3, -0.25) is 9.78 Å². The minimum absolute atomic E-state index is 0.281. The fourth-order valence-corrected chi connectivity index (χ4v) is 2.68.